The van der Waals surface area contributed by atoms with Gasteiger partial charge in [-0.05, 0) is 43.5 Å². The van der Waals surface area contributed by atoms with Crippen LogP contribution in [0.1, 0.15) is 24.0 Å². The molecule has 0 fully saturated rings. The fraction of sp³-hybridized carbons (Fsp3) is 0.462. The average molecular weight is 303 g/mol. The number of rotatable bonds is 6. The summed E-state index contributed by atoms with van der Waals surface area (Å²) in [6.45, 7) is 3.17. The van der Waals surface area contributed by atoms with Crippen molar-refractivity contribution in [2.45, 2.75) is 31.6 Å². The second-order valence-corrected chi connectivity index (χ2v) is 6.67. The van der Waals surface area contributed by atoms with Crippen molar-refractivity contribution in [3.05, 3.63) is 29.1 Å². The molecule has 0 saturated heterocycles. The molecule has 7 heteroatoms. The number of carboxylic acid groups (broad SMARTS) is 1. The van der Waals surface area contributed by atoms with Crippen LogP contribution >= 0.6 is 0 Å². The number of hydrogen-bond donors (Lipinski definition) is 1. The minimum absolute atomic E-state index is 0.0803. The Balaban J connectivity index is 3.02. The summed E-state index contributed by atoms with van der Waals surface area (Å²) in [7, 11) is -2.35. The van der Waals surface area contributed by atoms with Crippen molar-refractivity contribution >= 4 is 16.0 Å². The van der Waals surface area contributed by atoms with Gasteiger partial charge in [-0.3, -0.25) is 4.79 Å². The first-order chi connectivity index (χ1) is 9.16. The van der Waals surface area contributed by atoms with Crippen LogP contribution in [0.25, 0.3) is 0 Å². The first-order valence-corrected chi connectivity index (χ1v) is 7.55. The van der Waals surface area contributed by atoms with E-state index in [2.05, 4.69) is 0 Å². The quantitative estimate of drug-likeness (QED) is 0.871. The standard InChI is InChI=1S/C13H18FNO4S/c1-9-7-11(14)8-10(2)13(9)20(18,19)15(3)6-4-5-12(16)17/h7-8H,4-6H2,1-3H3,(H,16,17). The maximum atomic E-state index is 13.2. The number of nitrogens with zero attached hydrogens (tertiary/aromatic N) is 1. The van der Waals surface area contributed by atoms with Crippen molar-refractivity contribution in [1.29, 1.82) is 0 Å². The normalized spacial score (nSPS) is 11.8. The minimum atomic E-state index is -3.74. The van der Waals surface area contributed by atoms with Gasteiger partial charge in [0.05, 0.1) is 4.90 Å². The van der Waals surface area contributed by atoms with Gasteiger partial charge in [-0.25, -0.2) is 17.1 Å². The summed E-state index contributed by atoms with van der Waals surface area (Å²) >= 11 is 0. The van der Waals surface area contributed by atoms with Gasteiger partial charge in [0.15, 0.2) is 0 Å². The number of carboxylic acids is 1. The molecular weight excluding hydrogens is 285 g/mol. The lowest BCUT2D eigenvalue weighted by molar-refractivity contribution is -0.137. The molecule has 1 N–H and O–H groups in total. The lowest BCUT2D eigenvalue weighted by Gasteiger charge is -2.19. The van der Waals surface area contributed by atoms with Crippen LogP contribution in [0.3, 0.4) is 0 Å². The first-order valence-electron chi connectivity index (χ1n) is 6.11. The van der Waals surface area contributed by atoms with Crippen LogP contribution in [-0.4, -0.2) is 37.4 Å². The van der Waals surface area contributed by atoms with E-state index in [4.69, 9.17) is 5.11 Å². The summed E-state index contributed by atoms with van der Waals surface area (Å²) in [4.78, 5) is 10.5. The Hall–Kier alpha value is -1.47. The third kappa shape index (κ3) is 3.77. The zero-order chi connectivity index (χ0) is 15.5. The van der Waals surface area contributed by atoms with Gasteiger partial charge in [-0.1, -0.05) is 0 Å². The van der Waals surface area contributed by atoms with E-state index >= 15 is 0 Å². The molecule has 0 amide bonds. The maximum absolute atomic E-state index is 13.2. The van der Waals surface area contributed by atoms with E-state index in [1.807, 2.05) is 0 Å². The van der Waals surface area contributed by atoms with Crippen molar-refractivity contribution in [2.75, 3.05) is 13.6 Å². The van der Waals surface area contributed by atoms with E-state index in [0.29, 0.717) is 11.1 Å². The number of carbonyl (C=O) groups is 1. The lowest BCUT2D eigenvalue weighted by atomic mass is 10.1. The van der Waals surface area contributed by atoms with Crippen LogP contribution < -0.4 is 0 Å². The van der Waals surface area contributed by atoms with Gasteiger partial charge >= 0.3 is 5.97 Å². The Labute approximate surface area is 118 Å². The van der Waals surface area contributed by atoms with E-state index in [1.165, 1.54) is 33.0 Å². The number of benzene rings is 1. The number of aryl methyl sites for hydroxylation is 2. The van der Waals surface area contributed by atoms with E-state index in [1.54, 1.807) is 0 Å². The molecule has 112 valence electrons. The molecular formula is C13H18FNO4S. The molecule has 0 spiro atoms. The predicted octanol–water partition coefficient (Wildman–Crippen LogP) is 1.93. The number of hydrogen-bond acceptors (Lipinski definition) is 3. The third-order valence-corrected chi connectivity index (χ3v) is 5.12. The molecule has 0 bridgehead atoms. The molecule has 0 heterocycles. The molecule has 0 saturated carbocycles. The van der Waals surface area contributed by atoms with Gasteiger partial charge in [-0.2, -0.15) is 0 Å². The highest BCUT2D eigenvalue weighted by molar-refractivity contribution is 7.89. The van der Waals surface area contributed by atoms with Crippen molar-refractivity contribution in [1.82, 2.24) is 4.31 Å². The fourth-order valence-corrected chi connectivity index (χ4v) is 3.65. The molecule has 20 heavy (non-hydrogen) atoms. The van der Waals surface area contributed by atoms with E-state index in [9.17, 15) is 17.6 Å². The van der Waals surface area contributed by atoms with Crippen LogP contribution in [0.5, 0.6) is 0 Å². The van der Waals surface area contributed by atoms with Crippen LogP contribution in [-0.2, 0) is 14.8 Å². The van der Waals surface area contributed by atoms with Crippen molar-refractivity contribution in [3.63, 3.8) is 0 Å². The maximum Gasteiger partial charge on any atom is 0.303 e. The topological polar surface area (TPSA) is 74.7 Å². The minimum Gasteiger partial charge on any atom is -0.481 e. The van der Waals surface area contributed by atoms with Gasteiger partial charge in [0.25, 0.3) is 0 Å². The van der Waals surface area contributed by atoms with Gasteiger partial charge in [0, 0.05) is 20.0 Å². The Kier molecular flexibility index (Phi) is 5.24. The molecule has 0 aliphatic rings. The average Bonchev–Trinajstić information content (AvgIpc) is 2.26. The monoisotopic (exact) mass is 303 g/mol. The Morgan fingerprint density at radius 2 is 1.80 bits per heavy atom. The van der Waals surface area contributed by atoms with E-state index in [0.717, 1.165) is 4.31 Å². The molecule has 0 unspecified atom stereocenters. The molecule has 0 aliphatic heterocycles. The Morgan fingerprint density at radius 3 is 2.25 bits per heavy atom. The molecule has 0 aromatic heterocycles. The van der Waals surface area contributed by atoms with Crippen LogP contribution in [0.2, 0.25) is 0 Å². The molecule has 5 nitrogen and oxygen atoms in total. The summed E-state index contributed by atoms with van der Waals surface area (Å²) in [6, 6.07) is 2.34. The zero-order valence-corrected chi connectivity index (χ0v) is 12.5. The van der Waals surface area contributed by atoms with Crippen LogP contribution in [0.15, 0.2) is 17.0 Å². The summed E-state index contributed by atoms with van der Waals surface area (Å²) in [5, 5.41) is 8.56. The lowest BCUT2D eigenvalue weighted by Crippen LogP contribution is -2.29. The summed E-state index contributed by atoms with van der Waals surface area (Å²) in [5.41, 5.74) is 0.681. The third-order valence-electron chi connectivity index (χ3n) is 2.96. The highest BCUT2D eigenvalue weighted by Crippen LogP contribution is 2.24. The Morgan fingerprint density at radius 1 is 1.30 bits per heavy atom. The first kappa shape index (κ1) is 16.6. The zero-order valence-electron chi connectivity index (χ0n) is 11.7. The van der Waals surface area contributed by atoms with Crippen LogP contribution in [0.4, 0.5) is 4.39 Å². The highest BCUT2D eigenvalue weighted by Gasteiger charge is 2.25. The highest BCUT2D eigenvalue weighted by atomic mass is 32.2. The molecule has 0 radical (unpaired) electrons. The number of aliphatic carboxylic acids is 1. The molecule has 0 atom stereocenters. The number of halogens is 1. The van der Waals surface area contributed by atoms with E-state index < -0.39 is 21.8 Å². The van der Waals surface area contributed by atoms with Gasteiger partial charge < -0.3 is 5.11 Å². The van der Waals surface area contributed by atoms with Crippen molar-refractivity contribution in [3.8, 4) is 0 Å². The van der Waals surface area contributed by atoms with Gasteiger partial charge in [0.2, 0.25) is 10.0 Å². The van der Waals surface area contributed by atoms with Crippen molar-refractivity contribution < 1.29 is 22.7 Å². The largest absolute Gasteiger partial charge is 0.481 e. The van der Waals surface area contributed by atoms with Crippen molar-refractivity contribution in [2.24, 2.45) is 0 Å². The second-order valence-electron chi connectivity index (χ2n) is 4.69. The summed E-state index contributed by atoms with van der Waals surface area (Å²) in [5.74, 6) is -1.45. The van der Waals surface area contributed by atoms with Gasteiger partial charge in [0.1, 0.15) is 5.82 Å². The predicted molar refractivity (Wildman–Crippen MR) is 72.6 cm³/mol. The van der Waals surface area contributed by atoms with Gasteiger partial charge in [-0.15, -0.1) is 0 Å². The number of sulfonamides is 1. The molecule has 1 aromatic carbocycles. The van der Waals surface area contributed by atoms with E-state index in [-0.39, 0.29) is 24.3 Å². The molecule has 0 aliphatic carbocycles. The fourth-order valence-electron chi connectivity index (χ4n) is 2.03. The van der Waals surface area contributed by atoms with Crippen LogP contribution in [0, 0.1) is 19.7 Å². The molecule has 1 aromatic rings. The SMILES string of the molecule is Cc1cc(F)cc(C)c1S(=O)(=O)N(C)CCCC(=O)O. The smallest absolute Gasteiger partial charge is 0.303 e. The summed E-state index contributed by atoms with van der Waals surface area (Å²) in [6.07, 6.45) is 0.131. The second kappa shape index (κ2) is 6.32. The Bertz CT molecular complexity index is 590. The summed E-state index contributed by atoms with van der Waals surface area (Å²) < 4.78 is 39.1. The molecule has 1 rings (SSSR count).